The second-order valence-corrected chi connectivity index (χ2v) is 9.05. The molecule has 35 heavy (non-hydrogen) atoms. The summed E-state index contributed by atoms with van der Waals surface area (Å²) in [6, 6.07) is 9.18. The van der Waals surface area contributed by atoms with Crippen LogP contribution in [0, 0.1) is 6.92 Å². The lowest BCUT2D eigenvalue weighted by Crippen LogP contribution is -2.29. The van der Waals surface area contributed by atoms with Gasteiger partial charge in [0.15, 0.2) is 16.0 Å². The van der Waals surface area contributed by atoms with Crippen molar-refractivity contribution >= 4 is 27.8 Å². The minimum atomic E-state index is -1.71. The van der Waals surface area contributed by atoms with Crippen LogP contribution in [0.15, 0.2) is 71.9 Å². The number of aromatic amines is 1. The molecule has 0 saturated carbocycles. The van der Waals surface area contributed by atoms with Crippen molar-refractivity contribution in [3.8, 4) is 10.9 Å². The van der Waals surface area contributed by atoms with E-state index in [1.54, 1.807) is 36.8 Å². The average Bonchev–Trinajstić information content (AvgIpc) is 3.50. The fraction of sp³-hybridized carbons (Fsp3) is 0.208. The van der Waals surface area contributed by atoms with Crippen molar-refractivity contribution in [2.75, 3.05) is 6.54 Å². The van der Waals surface area contributed by atoms with Crippen molar-refractivity contribution in [1.82, 2.24) is 29.6 Å². The summed E-state index contributed by atoms with van der Waals surface area (Å²) in [7, 11) is 0. The molecule has 4 aromatic rings. The van der Waals surface area contributed by atoms with Crippen LogP contribution < -0.4 is 10.3 Å². The van der Waals surface area contributed by atoms with E-state index in [0.29, 0.717) is 22.3 Å². The Balaban J connectivity index is 0.000000168. The Hall–Kier alpha value is -4.12. The lowest BCUT2D eigenvalue weighted by molar-refractivity contribution is 0.173. The number of hydrogen-bond acceptors (Lipinski definition) is 7. The molecule has 0 radical (unpaired) electrons. The number of allylic oxidation sites excluding steroid dienone is 2. The number of hydrogen-bond donors (Lipinski definition) is 1. The predicted octanol–water partition coefficient (Wildman–Crippen LogP) is 4.65. The molecular formula is C24H23FN6O3S. The van der Waals surface area contributed by atoms with Crippen LogP contribution in [-0.2, 0) is 5.67 Å². The number of nitrogens with zero attached hydrogens (tertiary/aromatic N) is 5. The maximum Gasteiger partial charge on any atom is 0.419 e. The molecule has 180 valence electrons. The van der Waals surface area contributed by atoms with Crippen LogP contribution in [0.5, 0.6) is 5.75 Å². The fourth-order valence-corrected chi connectivity index (χ4v) is 3.91. The third-order valence-corrected chi connectivity index (χ3v) is 5.71. The van der Waals surface area contributed by atoms with E-state index in [9.17, 15) is 14.0 Å². The number of amides is 1. The predicted molar refractivity (Wildman–Crippen MR) is 131 cm³/mol. The van der Waals surface area contributed by atoms with Gasteiger partial charge >= 0.3 is 6.09 Å². The van der Waals surface area contributed by atoms with E-state index >= 15 is 0 Å². The topological polar surface area (TPSA) is 106 Å². The van der Waals surface area contributed by atoms with Crippen molar-refractivity contribution in [2.24, 2.45) is 0 Å². The molecule has 1 amide bonds. The van der Waals surface area contributed by atoms with E-state index in [1.807, 2.05) is 37.3 Å². The Morgan fingerprint density at radius 2 is 2.06 bits per heavy atom. The fourth-order valence-electron chi connectivity index (χ4n) is 3.02. The van der Waals surface area contributed by atoms with Crippen LogP contribution in [0.4, 0.5) is 9.18 Å². The quantitative estimate of drug-likeness (QED) is 0.444. The number of benzene rings is 1. The van der Waals surface area contributed by atoms with Crippen molar-refractivity contribution in [2.45, 2.75) is 26.4 Å². The zero-order chi connectivity index (χ0) is 25.0. The van der Waals surface area contributed by atoms with Crippen molar-refractivity contribution in [3.63, 3.8) is 0 Å². The largest absolute Gasteiger partial charge is 0.419 e. The lowest BCUT2D eigenvalue weighted by atomic mass is 10.1. The summed E-state index contributed by atoms with van der Waals surface area (Å²) >= 11 is 1.19. The third-order valence-electron chi connectivity index (χ3n) is 4.77. The second kappa shape index (κ2) is 10.0. The van der Waals surface area contributed by atoms with E-state index in [2.05, 4.69) is 20.1 Å². The molecule has 9 nitrogen and oxygen atoms in total. The molecule has 0 fully saturated rings. The smallest absolute Gasteiger partial charge is 0.410 e. The van der Waals surface area contributed by atoms with Gasteiger partial charge in [-0.3, -0.25) is 9.69 Å². The highest BCUT2D eigenvalue weighted by Crippen LogP contribution is 2.25. The highest BCUT2D eigenvalue weighted by Gasteiger charge is 2.24. The maximum atomic E-state index is 13.8. The van der Waals surface area contributed by atoms with Crippen LogP contribution in [0.3, 0.4) is 0 Å². The molecule has 11 heteroatoms. The van der Waals surface area contributed by atoms with Gasteiger partial charge in [-0.25, -0.2) is 23.8 Å². The van der Waals surface area contributed by atoms with E-state index in [-0.39, 0.29) is 17.4 Å². The Kier molecular flexibility index (Phi) is 6.87. The minimum absolute atomic E-state index is 0.000616. The van der Waals surface area contributed by atoms with E-state index < -0.39 is 11.2 Å². The van der Waals surface area contributed by atoms with Gasteiger partial charge in [-0.2, -0.15) is 5.10 Å². The summed E-state index contributed by atoms with van der Waals surface area (Å²) in [4.78, 5) is 36.2. The Morgan fingerprint density at radius 1 is 1.23 bits per heavy atom. The molecule has 3 aromatic heterocycles. The molecule has 0 saturated heterocycles. The van der Waals surface area contributed by atoms with Crippen molar-refractivity contribution in [3.05, 3.63) is 88.9 Å². The first kappa shape index (κ1) is 24.0. The van der Waals surface area contributed by atoms with Gasteiger partial charge in [-0.15, -0.1) is 0 Å². The second-order valence-electron chi connectivity index (χ2n) is 8.09. The number of nitrogens with one attached hydrogen (secondary N) is 1. The van der Waals surface area contributed by atoms with Crippen LogP contribution in [0.1, 0.15) is 25.2 Å². The number of thiazole rings is 1. The Morgan fingerprint density at radius 3 is 2.71 bits per heavy atom. The molecule has 0 unspecified atom stereocenters. The van der Waals surface area contributed by atoms with E-state index in [0.717, 1.165) is 5.56 Å². The molecule has 0 bridgehead atoms. The number of rotatable bonds is 3. The molecule has 1 N–H and O–H groups in total. The van der Waals surface area contributed by atoms with E-state index in [4.69, 9.17) is 4.74 Å². The molecule has 0 atom stereocenters. The van der Waals surface area contributed by atoms with Gasteiger partial charge in [0, 0.05) is 25.1 Å². The molecule has 1 aliphatic rings. The number of aromatic nitrogens is 5. The Bertz CT molecular complexity index is 1450. The molecule has 1 aliphatic heterocycles. The van der Waals surface area contributed by atoms with Gasteiger partial charge in [-0.1, -0.05) is 35.6 Å². The lowest BCUT2D eigenvalue weighted by Gasteiger charge is -2.17. The number of H-pyrrole nitrogens is 1. The number of fused-ring (bicyclic) bond motifs is 1. The molecular weight excluding hydrogens is 471 g/mol. The molecule has 0 aliphatic carbocycles. The van der Waals surface area contributed by atoms with Gasteiger partial charge in [0.2, 0.25) is 5.13 Å². The number of ether oxygens (including phenoxy) is 1. The average molecular weight is 495 g/mol. The van der Waals surface area contributed by atoms with Crippen LogP contribution in [0.25, 0.3) is 15.5 Å². The number of carbonyl (C=O) groups excluding carboxylic acids is 1. The highest BCUT2D eigenvalue weighted by molar-refractivity contribution is 7.20. The van der Waals surface area contributed by atoms with Crippen LogP contribution >= 0.6 is 11.3 Å². The first-order valence-corrected chi connectivity index (χ1v) is 11.5. The van der Waals surface area contributed by atoms with Gasteiger partial charge in [0.05, 0.1) is 0 Å². The number of halogens is 1. The SMILES string of the molecule is CC(C)(F)c1nc2sc(-n3cccn3)nc2c(=O)[nH]1.Cc1cccc(OC(=O)N2C=CC=CC2)c1. The normalized spacial score (nSPS) is 13.0. The number of aryl methyl sites for hydroxylation is 1. The maximum absolute atomic E-state index is 13.8. The zero-order valence-electron chi connectivity index (χ0n) is 19.3. The number of carbonyl (C=O) groups is 1. The summed E-state index contributed by atoms with van der Waals surface area (Å²) in [6.45, 7) is 5.20. The molecule has 5 rings (SSSR count). The zero-order valence-corrected chi connectivity index (χ0v) is 20.1. The van der Waals surface area contributed by atoms with Crippen molar-refractivity contribution in [1.29, 1.82) is 0 Å². The van der Waals surface area contributed by atoms with Gasteiger partial charge in [0.25, 0.3) is 5.56 Å². The summed E-state index contributed by atoms with van der Waals surface area (Å²) in [5, 5.41) is 4.55. The molecule has 4 heterocycles. The van der Waals surface area contributed by atoms with E-state index in [1.165, 1.54) is 34.8 Å². The molecule has 0 spiro atoms. The highest BCUT2D eigenvalue weighted by atomic mass is 32.1. The first-order valence-electron chi connectivity index (χ1n) is 10.7. The first-order chi connectivity index (χ1) is 16.7. The van der Waals surface area contributed by atoms with Crippen LogP contribution in [-0.4, -0.2) is 42.3 Å². The van der Waals surface area contributed by atoms with Gasteiger partial charge in [0.1, 0.15) is 11.6 Å². The number of alkyl halides is 1. The Labute approximate surface area is 204 Å². The van der Waals surface area contributed by atoms with Crippen molar-refractivity contribution < 1.29 is 13.9 Å². The monoisotopic (exact) mass is 494 g/mol. The minimum Gasteiger partial charge on any atom is -0.410 e. The standard InChI is InChI=1S/C13H13NO2.C11H10FN5OS/c1-11-6-5-7-12(10-11)16-13(15)14-8-3-2-4-9-14;1-11(2,12)9-15-7(18)6-8(16-9)19-10(14-6)17-5-3-4-13-17/h2-8,10H,9H2,1H3;3-5H,1-2H3,(H,15,16,18). The summed E-state index contributed by atoms with van der Waals surface area (Å²) in [5.74, 6) is 0.577. The third kappa shape index (κ3) is 5.87. The summed E-state index contributed by atoms with van der Waals surface area (Å²) in [5.41, 5.74) is -0.883. The summed E-state index contributed by atoms with van der Waals surface area (Å²) < 4.78 is 20.6. The molecule has 1 aromatic carbocycles. The van der Waals surface area contributed by atoms with Crippen LogP contribution in [0.2, 0.25) is 0 Å². The van der Waals surface area contributed by atoms with Gasteiger partial charge in [-0.05, 0) is 50.6 Å². The van der Waals surface area contributed by atoms with Gasteiger partial charge < -0.3 is 9.72 Å². The summed E-state index contributed by atoms with van der Waals surface area (Å²) in [6.07, 6.45) is 10.3.